The first-order valence-corrected chi connectivity index (χ1v) is 13.4. The molecule has 0 saturated carbocycles. The molecule has 0 N–H and O–H groups in total. The Morgan fingerprint density at radius 1 is 0.677 bits per heavy atom. The van der Waals surface area contributed by atoms with Crippen molar-refractivity contribution in [1.82, 2.24) is 0 Å². The van der Waals surface area contributed by atoms with Gasteiger partial charge in [0.1, 0.15) is 10.1 Å². The van der Waals surface area contributed by atoms with E-state index < -0.39 is 10.1 Å². The Bertz CT molecular complexity index is 878. The van der Waals surface area contributed by atoms with Gasteiger partial charge in [0, 0.05) is 0 Å². The minimum atomic E-state index is -4.47. The number of hydrogen-bond donors (Lipinski definition) is 0. The van der Waals surface area contributed by atoms with Gasteiger partial charge in [-0.2, -0.15) is 0 Å². The Morgan fingerprint density at radius 2 is 1.23 bits per heavy atom. The van der Waals surface area contributed by atoms with Gasteiger partial charge in [-0.1, -0.05) is 96.3 Å². The van der Waals surface area contributed by atoms with Crippen LogP contribution in [-0.4, -0.2) is 13.0 Å². The zero-order valence-corrected chi connectivity index (χ0v) is 23.9. The van der Waals surface area contributed by atoms with Crippen molar-refractivity contribution in [2.45, 2.75) is 109 Å². The molecular formula is C26H39KO3S. The SMILES string of the molecule is CCCCCCCCc1ccc2cc(CCCCCCCC)c(S(=O)(=O)[O-])cc2c1.[K+]. The number of hydrogen-bond acceptors (Lipinski definition) is 3. The summed E-state index contributed by atoms with van der Waals surface area (Å²) in [6.07, 6.45) is 16.0. The van der Waals surface area contributed by atoms with Crippen molar-refractivity contribution < 1.29 is 64.4 Å². The summed E-state index contributed by atoms with van der Waals surface area (Å²) in [7, 11) is -4.47. The number of unbranched alkanes of at least 4 members (excludes halogenated alkanes) is 10. The third-order valence-corrected chi connectivity index (χ3v) is 6.89. The van der Waals surface area contributed by atoms with Crippen molar-refractivity contribution in [3.8, 4) is 0 Å². The molecule has 31 heavy (non-hydrogen) atoms. The maximum absolute atomic E-state index is 11.9. The quantitative estimate of drug-likeness (QED) is 0.218. The van der Waals surface area contributed by atoms with Crippen LogP contribution < -0.4 is 51.4 Å². The van der Waals surface area contributed by atoms with Gasteiger partial charge in [0.05, 0.1) is 4.90 Å². The second kappa shape index (κ2) is 16.0. The third kappa shape index (κ3) is 10.8. The maximum atomic E-state index is 11.9. The first kappa shape index (κ1) is 29.3. The molecule has 2 aromatic rings. The van der Waals surface area contributed by atoms with Crippen LogP contribution in [0, 0.1) is 0 Å². The first-order valence-electron chi connectivity index (χ1n) is 12.0. The standard InChI is InChI=1S/C26H40O3S.K/c1-3-5-7-9-11-13-15-22-17-18-23-20-24(16-14-12-10-8-6-4-2)26(30(27,28)29)21-25(23)19-22;/h17-21H,3-16H2,1-2H3,(H,27,28,29);/q;+1/p-1. The largest absolute Gasteiger partial charge is 1.00 e. The summed E-state index contributed by atoms with van der Waals surface area (Å²) in [4.78, 5) is -0.0275. The molecule has 0 saturated heterocycles. The van der Waals surface area contributed by atoms with Crippen LogP contribution in [0.4, 0.5) is 0 Å². The Morgan fingerprint density at radius 3 is 1.81 bits per heavy atom. The Kier molecular flexibility index (Phi) is 15.1. The van der Waals surface area contributed by atoms with Crippen molar-refractivity contribution in [3.63, 3.8) is 0 Å². The average Bonchev–Trinajstić information content (AvgIpc) is 2.72. The Labute approximate surface area is 233 Å². The average molecular weight is 471 g/mol. The van der Waals surface area contributed by atoms with Crippen LogP contribution in [0.5, 0.6) is 0 Å². The number of fused-ring (bicyclic) bond motifs is 1. The summed E-state index contributed by atoms with van der Waals surface area (Å²) < 4.78 is 35.7. The third-order valence-electron chi connectivity index (χ3n) is 5.97. The molecule has 0 aliphatic rings. The molecule has 5 heteroatoms. The van der Waals surface area contributed by atoms with Gasteiger partial charge < -0.3 is 4.55 Å². The molecule has 0 unspecified atom stereocenters. The molecule has 0 aliphatic heterocycles. The fourth-order valence-electron chi connectivity index (χ4n) is 4.16. The maximum Gasteiger partial charge on any atom is 1.00 e. The van der Waals surface area contributed by atoms with Gasteiger partial charge in [-0.15, -0.1) is 0 Å². The van der Waals surface area contributed by atoms with Crippen LogP contribution >= 0.6 is 0 Å². The zero-order chi connectivity index (χ0) is 21.8. The van der Waals surface area contributed by atoms with Gasteiger partial charge in [0.2, 0.25) is 0 Å². The molecule has 0 amide bonds. The van der Waals surface area contributed by atoms with Gasteiger partial charge >= 0.3 is 51.4 Å². The number of benzene rings is 2. The van der Waals surface area contributed by atoms with E-state index in [-0.39, 0.29) is 56.3 Å². The topological polar surface area (TPSA) is 57.2 Å². The van der Waals surface area contributed by atoms with Crippen molar-refractivity contribution in [2.75, 3.05) is 0 Å². The molecule has 0 radical (unpaired) electrons. The zero-order valence-electron chi connectivity index (χ0n) is 19.9. The molecule has 0 aliphatic carbocycles. The van der Waals surface area contributed by atoms with Gasteiger partial charge in [-0.25, -0.2) is 8.42 Å². The minimum absolute atomic E-state index is 0. The van der Waals surface area contributed by atoms with E-state index in [1.54, 1.807) is 6.07 Å². The van der Waals surface area contributed by atoms with Gasteiger partial charge in [-0.05, 0) is 59.7 Å². The molecular weight excluding hydrogens is 431 g/mol. The van der Waals surface area contributed by atoms with Crippen LogP contribution in [0.25, 0.3) is 10.8 Å². The second-order valence-corrected chi connectivity index (χ2v) is 9.98. The van der Waals surface area contributed by atoms with Crippen LogP contribution in [0.3, 0.4) is 0 Å². The predicted molar refractivity (Wildman–Crippen MR) is 126 cm³/mol. The molecule has 0 bridgehead atoms. The first-order chi connectivity index (χ1) is 14.5. The van der Waals surface area contributed by atoms with Gasteiger partial charge in [0.15, 0.2) is 0 Å². The molecule has 0 aromatic heterocycles. The monoisotopic (exact) mass is 470 g/mol. The van der Waals surface area contributed by atoms with Gasteiger partial charge in [0.25, 0.3) is 0 Å². The smallest absolute Gasteiger partial charge is 0.744 e. The van der Waals surface area contributed by atoms with E-state index in [1.165, 1.54) is 63.4 Å². The second-order valence-electron chi connectivity index (χ2n) is 8.63. The minimum Gasteiger partial charge on any atom is -0.744 e. The fraction of sp³-hybridized carbons (Fsp3) is 0.615. The summed E-state index contributed by atoms with van der Waals surface area (Å²) in [6, 6.07) is 9.81. The van der Waals surface area contributed by atoms with E-state index in [4.69, 9.17) is 0 Å². The van der Waals surface area contributed by atoms with E-state index in [0.717, 1.165) is 36.5 Å². The fourth-order valence-corrected chi connectivity index (χ4v) is 4.92. The van der Waals surface area contributed by atoms with E-state index in [9.17, 15) is 13.0 Å². The molecule has 168 valence electrons. The Balaban J connectivity index is 0.00000480. The van der Waals surface area contributed by atoms with Crippen LogP contribution in [-0.2, 0) is 23.0 Å². The Hall–Kier alpha value is 0.246. The van der Waals surface area contributed by atoms with Crippen LogP contribution in [0.2, 0.25) is 0 Å². The molecule has 2 aromatic carbocycles. The van der Waals surface area contributed by atoms with Crippen molar-refractivity contribution >= 4 is 20.9 Å². The van der Waals surface area contributed by atoms with Crippen LogP contribution in [0.15, 0.2) is 35.2 Å². The molecule has 0 atom stereocenters. The summed E-state index contributed by atoms with van der Waals surface area (Å²) in [6.45, 7) is 4.42. The van der Waals surface area contributed by atoms with E-state index >= 15 is 0 Å². The number of rotatable bonds is 15. The molecule has 0 fully saturated rings. The van der Waals surface area contributed by atoms with Crippen molar-refractivity contribution in [3.05, 3.63) is 41.5 Å². The van der Waals surface area contributed by atoms with Crippen molar-refractivity contribution in [1.29, 1.82) is 0 Å². The van der Waals surface area contributed by atoms with Gasteiger partial charge in [-0.3, -0.25) is 0 Å². The summed E-state index contributed by atoms with van der Waals surface area (Å²) in [5, 5.41) is 1.88. The number of aryl methyl sites for hydroxylation is 2. The molecule has 3 nitrogen and oxygen atoms in total. The van der Waals surface area contributed by atoms with Crippen molar-refractivity contribution in [2.24, 2.45) is 0 Å². The van der Waals surface area contributed by atoms with E-state index in [2.05, 4.69) is 32.0 Å². The van der Waals surface area contributed by atoms with E-state index in [0.29, 0.717) is 12.0 Å². The summed E-state index contributed by atoms with van der Waals surface area (Å²) in [5.74, 6) is 0. The molecule has 0 heterocycles. The van der Waals surface area contributed by atoms with Crippen LogP contribution in [0.1, 0.15) is 102 Å². The summed E-state index contributed by atoms with van der Waals surface area (Å²) in [5.41, 5.74) is 1.90. The predicted octanol–water partition coefficient (Wildman–Crippen LogP) is 4.55. The molecule has 2 rings (SSSR count). The summed E-state index contributed by atoms with van der Waals surface area (Å²) >= 11 is 0. The molecule has 0 spiro atoms. The normalized spacial score (nSPS) is 11.6. The van der Waals surface area contributed by atoms with E-state index in [1.807, 2.05) is 6.07 Å².